The van der Waals surface area contributed by atoms with Crippen molar-refractivity contribution in [3.63, 3.8) is 0 Å². The molecule has 0 heterocycles. The zero-order valence-electron chi connectivity index (χ0n) is 11.6. The third-order valence-electron chi connectivity index (χ3n) is 2.27. The van der Waals surface area contributed by atoms with Gasteiger partial charge in [-0.15, -0.1) is 0 Å². The average molecular weight is 278 g/mol. The summed E-state index contributed by atoms with van der Waals surface area (Å²) in [6.07, 6.45) is 2.76. The van der Waals surface area contributed by atoms with Gasteiger partial charge in [-0.25, -0.2) is 9.59 Å². The Morgan fingerprint density at radius 1 is 1.10 bits per heavy atom. The van der Waals surface area contributed by atoms with Crippen LogP contribution in [0.4, 0.5) is 0 Å². The minimum Gasteiger partial charge on any atom is -0.490 e. The van der Waals surface area contributed by atoms with Crippen molar-refractivity contribution in [1.29, 1.82) is 0 Å². The van der Waals surface area contributed by atoms with Gasteiger partial charge in [0.1, 0.15) is 19.0 Å². The van der Waals surface area contributed by atoms with E-state index in [1.807, 2.05) is 31.2 Å². The van der Waals surface area contributed by atoms with Crippen LogP contribution < -0.4 is 4.74 Å². The Labute approximate surface area is 118 Å². The average Bonchev–Trinajstić information content (AvgIpc) is 2.43. The van der Waals surface area contributed by atoms with Gasteiger partial charge < -0.3 is 14.2 Å². The molecule has 0 aliphatic heterocycles. The Morgan fingerprint density at radius 2 is 1.80 bits per heavy atom. The van der Waals surface area contributed by atoms with Crippen molar-refractivity contribution in [1.82, 2.24) is 0 Å². The molecule has 1 rings (SSSR count). The molecule has 0 saturated carbocycles. The van der Waals surface area contributed by atoms with E-state index in [9.17, 15) is 9.59 Å². The van der Waals surface area contributed by atoms with Crippen LogP contribution in [0.25, 0.3) is 0 Å². The number of carbonyl (C=O) groups is 2. The Bertz CT molecular complexity index is 462. The first-order valence-electron chi connectivity index (χ1n) is 6.26. The lowest BCUT2D eigenvalue weighted by Crippen LogP contribution is -2.18. The van der Waals surface area contributed by atoms with E-state index in [4.69, 9.17) is 9.47 Å². The standard InChI is InChI=1S/C15H18O5/c1-3-4-14(16)20-11-15(17)19-10-9-18-13-7-5-12(2)6-8-13/h3-8H,9-11H2,1-2H3/b4-3+. The van der Waals surface area contributed by atoms with Gasteiger partial charge in [-0.1, -0.05) is 23.8 Å². The molecule has 1 aromatic rings. The smallest absolute Gasteiger partial charge is 0.344 e. The van der Waals surface area contributed by atoms with Gasteiger partial charge in [0.2, 0.25) is 0 Å². The second-order valence-electron chi connectivity index (χ2n) is 3.99. The van der Waals surface area contributed by atoms with Gasteiger partial charge in [-0.05, 0) is 26.0 Å². The van der Waals surface area contributed by atoms with Crippen LogP contribution in [-0.4, -0.2) is 31.8 Å². The van der Waals surface area contributed by atoms with E-state index in [0.29, 0.717) is 5.75 Å². The van der Waals surface area contributed by atoms with Crippen molar-refractivity contribution in [2.24, 2.45) is 0 Å². The highest BCUT2D eigenvalue weighted by molar-refractivity contribution is 5.84. The lowest BCUT2D eigenvalue weighted by molar-refractivity contribution is -0.156. The van der Waals surface area contributed by atoms with E-state index in [2.05, 4.69) is 4.74 Å². The van der Waals surface area contributed by atoms with Crippen LogP contribution in [0.15, 0.2) is 36.4 Å². The third-order valence-corrected chi connectivity index (χ3v) is 2.27. The van der Waals surface area contributed by atoms with Gasteiger partial charge in [0.15, 0.2) is 6.61 Å². The van der Waals surface area contributed by atoms with Crippen molar-refractivity contribution in [2.45, 2.75) is 13.8 Å². The topological polar surface area (TPSA) is 61.8 Å². The molecule has 0 aliphatic carbocycles. The number of rotatable bonds is 7. The molecule has 20 heavy (non-hydrogen) atoms. The van der Waals surface area contributed by atoms with Crippen LogP contribution in [0.5, 0.6) is 5.75 Å². The summed E-state index contributed by atoms with van der Waals surface area (Å²) in [5.74, 6) is -0.457. The van der Waals surface area contributed by atoms with Crippen LogP contribution in [0.3, 0.4) is 0 Å². The van der Waals surface area contributed by atoms with E-state index in [0.717, 1.165) is 5.56 Å². The molecule has 0 radical (unpaired) electrons. The lowest BCUT2D eigenvalue weighted by Gasteiger charge is -2.07. The Morgan fingerprint density at radius 3 is 2.45 bits per heavy atom. The van der Waals surface area contributed by atoms with Crippen molar-refractivity contribution in [3.05, 3.63) is 42.0 Å². The summed E-state index contributed by atoms with van der Waals surface area (Å²) in [5.41, 5.74) is 1.15. The first kappa shape index (κ1) is 15.8. The number of benzene rings is 1. The van der Waals surface area contributed by atoms with Gasteiger partial charge in [0.25, 0.3) is 0 Å². The zero-order chi connectivity index (χ0) is 14.8. The van der Waals surface area contributed by atoms with Crippen molar-refractivity contribution in [2.75, 3.05) is 19.8 Å². The highest BCUT2D eigenvalue weighted by Crippen LogP contribution is 2.10. The summed E-state index contributed by atoms with van der Waals surface area (Å²) in [4.78, 5) is 22.2. The van der Waals surface area contributed by atoms with Crippen LogP contribution in [-0.2, 0) is 19.1 Å². The van der Waals surface area contributed by atoms with E-state index in [-0.39, 0.29) is 13.2 Å². The number of allylic oxidation sites excluding steroid dienone is 1. The lowest BCUT2D eigenvalue weighted by atomic mass is 10.2. The van der Waals surface area contributed by atoms with Crippen LogP contribution in [0, 0.1) is 6.92 Å². The summed E-state index contributed by atoms with van der Waals surface area (Å²) in [7, 11) is 0. The number of esters is 2. The van der Waals surface area contributed by atoms with Crippen LogP contribution in [0.1, 0.15) is 12.5 Å². The van der Waals surface area contributed by atoms with Gasteiger partial charge in [-0.3, -0.25) is 0 Å². The Kier molecular flexibility index (Phi) is 6.89. The van der Waals surface area contributed by atoms with Gasteiger partial charge in [-0.2, -0.15) is 0 Å². The fourth-order valence-electron chi connectivity index (χ4n) is 1.31. The molecule has 0 saturated heterocycles. The number of hydrogen-bond acceptors (Lipinski definition) is 5. The maximum absolute atomic E-state index is 11.2. The zero-order valence-corrected chi connectivity index (χ0v) is 11.6. The summed E-state index contributed by atoms with van der Waals surface area (Å²) >= 11 is 0. The number of carbonyl (C=O) groups excluding carboxylic acids is 2. The molecule has 0 fully saturated rings. The molecule has 108 valence electrons. The van der Waals surface area contributed by atoms with E-state index < -0.39 is 18.5 Å². The van der Waals surface area contributed by atoms with Crippen molar-refractivity contribution >= 4 is 11.9 Å². The summed E-state index contributed by atoms with van der Waals surface area (Å²) < 4.78 is 14.9. The molecular weight excluding hydrogens is 260 g/mol. The molecule has 0 spiro atoms. The molecule has 0 bridgehead atoms. The molecule has 0 atom stereocenters. The second-order valence-corrected chi connectivity index (χ2v) is 3.99. The number of hydrogen-bond donors (Lipinski definition) is 0. The van der Waals surface area contributed by atoms with E-state index >= 15 is 0 Å². The largest absolute Gasteiger partial charge is 0.490 e. The minimum absolute atomic E-state index is 0.105. The molecule has 0 unspecified atom stereocenters. The molecule has 0 amide bonds. The maximum Gasteiger partial charge on any atom is 0.344 e. The molecule has 1 aromatic carbocycles. The van der Waals surface area contributed by atoms with E-state index in [1.165, 1.54) is 12.2 Å². The van der Waals surface area contributed by atoms with Crippen LogP contribution in [0.2, 0.25) is 0 Å². The molecular formula is C15H18O5. The van der Waals surface area contributed by atoms with Crippen molar-refractivity contribution in [3.8, 4) is 5.75 Å². The maximum atomic E-state index is 11.2. The first-order valence-corrected chi connectivity index (χ1v) is 6.26. The Balaban J connectivity index is 2.13. The molecule has 5 nitrogen and oxygen atoms in total. The van der Waals surface area contributed by atoms with Gasteiger partial charge in [0, 0.05) is 6.08 Å². The highest BCUT2D eigenvalue weighted by Gasteiger charge is 2.06. The van der Waals surface area contributed by atoms with Gasteiger partial charge in [0.05, 0.1) is 0 Å². The van der Waals surface area contributed by atoms with Crippen LogP contribution >= 0.6 is 0 Å². The molecule has 0 N–H and O–H groups in total. The first-order chi connectivity index (χ1) is 9.61. The summed E-state index contributed by atoms with van der Waals surface area (Å²) in [5, 5.41) is 0. The predicted molar refractivity (Wildman–Crippen MR) is 73.4 cm³/mol. The quantitative estimate of drug-likeness (QED) is 0.434. The minimum atomic E-state index is -0.602. The SMILES string of the molecule is C/C=C/C(=O)OCC(=O)OCCOc1ccc(C)cc1. The molecule has 0 aliphatic rings. The highest BCUT2D eigenvalue weighted by atomic mass is 16.6. The Hall–Kier alpha value is -2.30. The monoisotopic (exact) mass is 278 g/mol. The molecule has 0 aromatic heterocycles. The number of aryl methyl sites for hydroxylation is 1. The normalized spacial score (nSPS) is 10.3. The summed E-state index contributed by atoms with van der Waals surface area (Å²) in [6.45, 7) is 3.63. The molecule has 5 heteroatoms. The fraction of sp³-hybridized carbons (Fsp3) is 0.333. The van der Waals surface area contributed by atoms with E-state index in [1.54, 1.807) is 6.92 Å². The third kappa shape index (κ3) is 6.58. The number of ether oxygens (including phenoxy) is 3. The summed E-state index contributed by atoms with van der Waals surface area (Å²) in [6, 6.07) is 7.55. The second kappa shape index (κ2) is 8.74. The fourth-order valence-corrected chi connectivity index (χ4v) is 1.31. The van der Waals surface area contributed by atoms with Gasteiger partial charge >= 0.3 is 11.9 Å². The van der Waals surface area contributed by atoms with Crippen molar-refractivity contribution < 1.29 is 23.8 Å². The predicted octanol–water partition coefficient (Wildman–Crippen LogP) is 2.04.